The lowest BCUT2D eigenvalue weighted by Gasteiger charge is -2.09. The van der Waals surface area contributed by atoms with E-state index in [0.717, 1.165) is 12.5 Å². The Bertz CT molecular complexity index is 657. The minimum atomic E-state index is 0. The molecule has 0 spiro atoms. The molecule has 4 nitrogen and oxygen atoms in total. The molecule has 140 valence electrons. The first-order valence-electron chi connectivity index (χ1n) is 8.64. The van der Waals surface area contributed by atoms with Gasteiger partial charge in [-0.15, -0.1) is 30.6 Å². The van der Waals surface area contributed by atoms with Crippen molar-refractivity contribution >= 4 is 29.9 Å². The monoisotopic (exact) mass is 465 g/mol. The lowest BCUT2D eigenvalue weighted by atomic mass is 10.1. The van der Waals surface area contributed by atoms with Crippen molar-refractivity contribution in [1.29, 1.82) is 0 Å². The zero-order valence-corrected chi connectivity index (χ0v) is 17.6. The zero-order valence-electron chi connectivity index (χ0n) is 15.3. The van der Waals surface area contributed by atoms with E-state index in [-0.39, 0.29) is 24.0 Å². The molecule has 2 N–H and O–H groups in total. The summed E-state index contributed by atoms with van der Waals surface area (Å²) < 4.78 is 5.76. The van der Waals surface area contributed by atoms with Gasteiger partial charge in [-0.05, 0) is 23.6 Å². The second-order valence-electron chi connectivity index (χ2n) is 5.66. The van der Waals surface area contributed by atoms with Crippen LogP contribution in [0.15, 0.2) is 72.2 Å². The highest BCUT2D eigenvalue weighted by Crippen LogP contribution is 2.09. The van der Waals surface area contributed by atoms with E-state index in [9.17, 15) is 0 Å². The van der Waals surface area contributed by atoms with Gasteiger partial charge in [0.05, 0.1) is 19.8 Å². The summed E-state index contributed by atoms with van der Waals surface area (Å²) in [6.07, 6.45) is 1.82. The molecule has 2 aromatic carbocycles. The summed E-state index contributed by atoms with van der Waals surface area (Å²) in [5.41, 5.74) is 3.53. The van der Waals surface area contributed by atoms with Gasteiger partial charge in [0.1, 0.15) is 0 Å². The van der Waals surface area contributed by atoms with E-state index in [2.05, 4.69) is 65.5 Å². The van der Waals surface area contributed by atoms with Gasteiger partial charge in [-0.3, -0.25) is 0 Å². The Morgan fingerprint density at radius 2 is 1.58 bits per heavy atom. The summed E-state index contributed by atoms with van der Waals surface area (Å²) in [6.45, 7) is 9.17. The van der Waals surface area contributed by atoms with Crippen molar-refractivity contribution in [2.75, 3.05) is 13.1 Å². The number of rotatable bonds is 9. The highest BCUT2D eigenvalue weighted by Gasteiger charge is 1.98. The van der Waals surface area contributed by atoms with Gasteiger partial charge in [0.15, 0.2) is 5.96 Å². The van der Waals surface area contributed by atoms with Crippen molar-refractivity contribution in [2.45, 2.75) is 26.7 Å². The summed E-state index contributed by atoms with van der Waals surface area (Å²) in [6, 6.07) is 18.6. The second-order valence-corrected chi connectivity index (χ2v) is 5.66. The molecule has 0 aliphatic carbocycles. The Balaban J connectivity index is 0.00000338. The maximum atomic E-state index is 5.76. The third-order valence-corrected chi connectivity index (χ3v) is 3.58. The fourth-order valence-electron chi connectivity index (χ4n) is 2.28. The second kappa shape index (κ2) is 13.4. The smallest absolute Gasteiger partial charge is 0.191 e. The average molecular weight is 465 g/mol. The fourth-order valence-corrected chi connectivity index (χ4v) is 2.28. The summed E-state index contributed by atoms with van der Waals surface area (Å²) in [7, 11) is 0. The number of aliphatic imine (C=N–C) groups is 1. The molecule has 26 heavy (non-hydrogen) atoms. The molecule has 0 aromatic heterocycles. The Labute approximate surface area is 173 Å². The first-order chi connectivity index (χ1) is 12.3. The van der Waals surface area contributed by atoms with Gasteiger partial charge in [0, 0.05) is 13.1 Å². The number of ether oxygens (including phenoxy) is 1. The van der Waals surface area contributed by atoms with Gasteiger partial charge in [0.2, 0.25) is 0 Å². The molecule has 0 radical (unpaired) electrons. The van der Waals surface area contributed by atoms with E-state index in [1.54, 1.807) is 0 Å². The SMILES string of the molecule is C=CCNC(=NCc1ccc(COCc2ccccc2)cc1)NCC.I. The van der Waals surface area contributed by atoms with Crippen molar-refractivity contribution in [1.82, 2.24) is 10.6 Å². The fraction of sp³-hybridized carbons (Fsp3) is 0.286. The number of hydrogen-bond donors (Lipinski definition) is 2. The van der Waals surface area contributed by atoms with Crippen LogP contribution in [0.2, 0.25) is 0 Å². The van der Waals surface area contributed by atoms with E-state index < -0.39 is 0 Å². The van der Waals surface area contributed by atoms with Crippen LogP contribution in [0.4, 0.5) is 0 Å². The maximum Gasteiger partial charge on any atom is 0.191 e. The van der Waals surface area contributed by atoms with Crippen LogP contribution in [0.1, 0.15) is 23.6 Å². The molecule has 0 saturated carbocycles. The summed E-state index contributed by atoms with van der Waals surface area (Å²) in [5.74, 6) is 0.803. The summed E-state index contributed by atoms with van der Waals surface area (Å²) >= 11 is 0. The van der Waals surface area contributed by atoms with Gasteiger partial charge in [-0.1, -0.05) is 60.7 Å². The average Bonchev–Trinajstić information content (AvgIpc) is 2.66. The molecule has 0 saturated heterocycles. The van der Waals surface area contributed by atoms with Crippen molar-refractivity contribution in [3.05, 3.63) is 83.9 Å². The quantitative estimate of drug-likeness (QED) is 0.252. The zero-order chi connectivity index (χ0) is 17.7. The number of nitrogens with zero attached hydrogens (tertiary/aromatic N) is 1. The van der Waals surface area contributed by atoms with Crippen LogP contribution in [0.25, 0.3) is 0 Å². The number of nitrogens with one attached hydrogen (secondary N) is 2. The summed E-state index contributed by atoms with van der Waals surface area (Å²) in [4.78, 5) is 4.57. The van der Waals surface area contributed by atoms with Crippen LogP contribution in [-0.4, -0.2) is 19.0 Å². The van der Waals surface area contributed by atoms with E-state index in [1.807, 2.05) is 24.3 Å². The van der Waals surface area contributed by atoms with Gasteiger partial charge < -0.3 is 15.4 Å². The van der Waals surface area contributed by atoms with E-state index in [4.69, 9.17) is 4.74 Å². The maximum absolute atomic E-state index is 5.76. The highest BCUT2D eigenvalue weighted by molar-refractivity contribution is 14.0. The number of benzene rings is 2. The Morgan fingerprint density at radius 3 is 2.19 bits per heavy atom. The van der Waals surface area contributed by atoms with Gasteiger partial charge in [0.25, 0.3) is 0 Å². The molecule has 0 fully saturated rings. The first kappa shape index (κ1) is 22.2. The van der Waals surface area contributed by atoms with Crippen molar-refractivity contribution in [3.8, 4) is 0 Å². The molecule has 0 amide bonds. The van der Waals surface area contributed by atoms with Crippen LogP contribution in [0.3, 0.4) is 0 Å². The molecule has 0 unspecified atom stereocenters. The van der Waals surface area contributed by atoms with Crippen molar-refractivity contribution in [3.63, 3.8) is 0 Å². The molecule has 0 aliphatic rings. The number of halogens is 1. The molecular weight excluding hydrogens is 437 g/mol. The van der Waals surface area contributed by atoms with Crippen LogP contribution < -0.4 is 10.6 Å². The number of hydrogen-bond acceptors (Lipinski definition) is 2. The lowest BCUT2D eigenvalue weighted by Crippen LogP contribution is -2.37. The Kier molecular flexibility index (Phi) is 11.4. The van der Waals surface area contributed by atoms with Gasteiger partial charge in [-0.25, -0.2) is 4.99 Å². The largest absolute Gasteiger partial charge is 0.372 e. The Hall–Kier alpha value is -1.86. The lowest BCUT2D eigenvalue weighted by molar-refractivity contribution is 0.107. The minimum Gasteiger partial charge on any atom is -0.372 e. The third-order valence-electron chi connectivity index (χ3n) is 3.58. The van der Waals surface area contributed by atoms with E-state index in [1.165, 1.54) is 16.7 Å². The van der Waals surface area contributed by atoms with E-state index >= 15 is 0 Å². The minimum absolute atomic E-state index is 0. The van der Waals surface area contributed by atoms with Crippen LogP contribution >= 0.6 is 24.0 Å². The summed E-state index contributed by atoms with van der Waals surface area (Å²) in [5, 5.41) is 6.41. The molecule has 0 aliphatic heterocycles. The van der Waals surface area contributed by atoms with Crippen LogP contribution in [0, 0.1) is 0 Å². The topological polar surface area (TPSA) is 45.7 Å². The van der Waals surface area contributed by atoms with E-state index in [0.29, 0.717) is 26.3 Å². The Morgan fingerprint density at radius 1 is 0.962 bits per heavy atom. The molecular formula is C21H28IN3O. The molecule has 5 heteroatoms. The van der Waals surface area contributed by atoms with Crippen molar-refractivity contribution in [2.24, 2.45) is 4.99 Å². The van der Waals surface area contributed by atoms with Crippen molar-refractivity contribution < 1.29 is 4.74 Å². The molecule has 0 atom stereocenters. The van der Waals surface area contributed by atoms with Gasteiger partial charge in [-0.2, -0.15) is 0 Å². The number of guanidine groups is 1. The molecule has 0 heterocycles. The predicted molar refractivity (Wildman–Crippen MR) is 120 cm³/mol. The molecule has 2 aromatic rings. The molecule has 2 rings (SSSR count). The van der Waals surface area contributed by atoms with Crippen LogP contribution in [-0.2, 0) is 24.5 Å². The first-order valence-corrected chi connectivity index (χ1v) is 8.64. The van der Waals surface area contributed by atoms with Gasteiger partial charge >= 0.3 is 0 Å². The normalized spacial score (nSPS) is 10.7. The highest BCUT2D eigenvalue weighted by atomic mass is 127. The predicted octanol–water partition coefficient (Wildman–Crippen LogP) is 4.26. The standard InChI is InChI=1S/C21H27N3O.HI/c1-3-14-23-21(22-4-2)24-15-18-10-12-20(13-11-18)17-25-16-19-8-6-5-7-9-19;/h3,5-13H,1,4,14-17H2,2H3,(H2,22,23,24);1H. The van der Waals surface area contributed by atoms with Crippen LogP contribution in [0.5, 0.6) is 0 Å². The molecule has 0 bridgehead atoms. The third kappa shape index (κ3) is 8.49.